The Kier molecular flexibility index (Phi) is 8.18. The fraction of sp³-hybridized carbons (Fsp3) is 1.00. The van der Waals surface area contributed by atoms with Crippen LogP contribution in [0.3, 0.4) is 0 Å². The van der Waals surface area contributed by atoms with Gasteiger partial charge in [-0.2, -0.15) is 0 Å². The van der Waals surface area contributed by atoms with Gasteiger partial charge in [0.05, 0.1) is 0 Å². The molecule has 0 radical (unpaired) electrons. The molecule has 27 heavy (non-hydrogen) atoms. The van der Waals surface area contributed by atoms with E-state index in [1.165, 1.54) is 51.1 Å². The van der Waals surface area contributed by atoms with E-state index in [1.807, 2.05) is 0 Å². The SMILES string of the molecule is CC1CCCCC2CC(CCN2)C2C(CNN2COCC[Si](C)(C)C)NC1. The Morgan fingerprint density at radius 2 is 1.85 bits per heavy atom. The lowest BCUT2D eigenvalue weighted by Crippen LogP contribution is -2.54. The van der Waals surface area contributed by atoms with Crippen molar-refractivity contribution in [1.82, 2.24) is 21.1 Å². The van der Waals surface area contributed by atoms with Gasteiger partial charge >= 0.3 is 0 Å². The highest BCUT2D eigenvalue weighted by Gasteiger charge is 2.41. The van der Waals surface area contributed by atoms with Crippen molar-refractivity contribution in [3.8, 4) is 0 Å². The molecule has 0 amide bonds. The fourth-order valence-electron chi connectivity index (χ4n) is 5.02. The third-order valence-corrected chi connectivity index (χ3v) is 8.46. The maximum Gasteiger partial charge on any atom is 0.112 e. The first-order chi connectivity index (χ1) is 12.9. The number of nitrogens with zero attached hydrogens (tertiary/aromatic N) is 1. The van der Waals surface area contributed by atoms with Gasteiger partial charge in [-0.3, -0.25) is 5.43 Å². The van der Waals surface area contributed by atoms with Gasteiger partial charge in [0.15, 0.2) is 0 Å². The Labute approximate surface area is 168 Å². The summed E-state index contributed by atoms with van der Waals surface area (Å²) in [4.78, 5) is 0. The highest BCUT2D eigenvalue weighted by atomic mass is 28.3. The summed E-state index contributed by atoms with van der Waals surface area (Å²) in [7, 11) is -1.02. The van der Waals surface area contributed by atoms with Crippen molar-refractivity contribution in [3.05, 3.63) is 0 Å². The van der Waals surface area contributed by atoms with Gasteiger partial charge in [-0.05, 0) is 56.7 Å². The minimum atomic E-state index is -1.02. The summed E-state index contributed by atoms with van der Waals surface area (Å²) < 4.78 is 6.13. The van der Waals surface area contributed by atoms with Gasteiger partial charge < -0.3 is 15.4 Å². The smallest absolute Gasteiger partial charge is 0.112 e. The Bertz CT molecular complexity index is 444. The van der Waals surface area contributed by atoms with Gasteiger partial charge in [-0.15, -0.1) is 0 Å². The molecule has 6 heteroatoms. The molecule has 3 fully saturated rings. The van der Waals surface area contributed by atoms with E-state index in [-0.39, 0.29) is 0 Å². The number of piperidine rings is 1. The highest BCUT2D eigenvalue weighted by Crippen LogP contribution is 2.30. The minimum Gasteiger partial charge on any atom is -0.365 e. The zero-order valence-corrected chi connectivity index (χ0v) is 19.2. The first-order valence-electron chi connectivity index (χ1n) is 11.5. The molecule has 5 unspecified atom stereocenters. The van der Waals surface area contributed by atoms with Crippen molar-refractivity contribution in [1.29, 1.82) is 0 Å². The third kappa shape index (κ3) is 6.79. The molecule has 3 heterocycles. The summed E-state index contributed by atoms with van der Waals surface area (Å²) in [6, 6.07) is 3.08. The molecule has 3 N–H and O–H groups in total. The van der Waals surface area contributed by atoms with Crippen LogP contribution in [0, 0.1) is 11.8 Å². The lowest BCUT2D eigenvalue weighted by Gasteiger charge is -2.40. The molecule has 5 nitrogen and oxygen atoms in total. The van der Waals surface area contributed by atoms with Crippen LogP contribution in [0.15, 0.2) is 0 Å². The molecule has 0 aliphatic carbocycles. The summed E-state index contributed by atoms with van der Waals surface area (Å²) >= 11 is 0. The second-order valence-electron chi connectivity index (χ2n) is 10.5. The monoisotopic (exact) mass is 396 g/mol. The topological polar surface area (TPSA) is 48.6 Å². The molecule has 0 aromatic rings. The second-order valence-corrected chi connectivity index (χ2v) is 16.1. The second kappa shape index (κ2) is 10.2. The van der Waals surface area contributed by atoms with Crippen molar-refractivity contribution < 1.29 is 4.74 Å². The van der Waals surface area contributed by atoms with E-state index in [0.717, 1.165) is 44.3 Å². The van der Waals surface area contributed by atoms with E-state index in [4.69, 9.17) is 4.74 Å². The molecular formula is C21H44N4OSi. The normalized spacial score (nSPS) is 36.7. The number of hydrazine groups is 1. The van der Waals surface area contributed by atoms with Crippen LogP contribution < -0.4 is 16.1 Å². The summed E-state index contributed by atoms with van der Waals surface area (Å²) in [5.74, 6) is 1.54. The Morgan fingerprint density at radius 3 is 2.67 bits per heavy atom. The van der Waals surface area contributed by atoms with Gasteiger partial charge in [-0.1, -0.05) is 39.4 Å². The van der Waals surface area contributed by atoms with Crippen LogP contribution in [-0.4, -0.2) is 64.2 Å². The number of fused-ring (bicyclic) bond motifs is 4. The van der Waals surface area contributed by atoms with Gasteiger partial charge in [-0.25, -0.2) is 5.01 Å². The lowest BCUT2D eigenvalue weighted by atomic mass is 9.81. The van der Waals surface area contributed by atoms with Crippen LogP contribution in [0.2, 0.25) is 25.7 Å². The molecule has 3 rings (SSSR count). The van der Waals surface area contributed by atoms with E-state index >= 15 is 0 Å². The van der Waals surface area contributed by atoms with Crippen LogP contribution in [0.1, 0.15) is 45.4 Å². The van der Waals surface area contributed by atoms with Crippen molar-refractivity contribution in [2.75, 3.05) is 33.0 Å². The zero-order chi connectivity index (χ0) is 19.3. The van der Waals surface area contributed by atoms with E-state index in [1.54, 1.807) is 0 Å². The number of hydrogen-bond donors (Lipinski definition) is 3. The van der Waals surface area contributed by atoms with Crippen LogP contribution in [0.4, 0.5) is 0 Å². The van der Waals surface area contributed by atoms with E-state index in [2.05, 4.69) is 47.6 Å². The number of ether oxygens (including phenoxy) is 1. The van der Waals surface area contributed by atoms with Crippen molar-refractivity contribution in [2.24, 2.45) is 11.8 Å². The lowest BCUT2D eigenvalue weighted by molar-refractivity contribution is -0.0219. The molecule has 158 valence electrons. The quantitative estimate of drug-likeness (QED) is 0.493. The zero-order valence-electron chi connectivity index (χ0n) is 18.2. The highest BCUT2D eigenvalue weighted by molar-refractivity contribution is 6.76. The molecule has 0 aromatic carbocycles. The molecule has 3 aliphatic heterocycles. The third-order valence-electron chi connectivity index (χ3n) is 6.76. The minimum absolute atomic E-state index is 0.552. The molecular weight excluding hydrogens is 352 g/mol. The molecule has 5 atom stereocenters. The summed E-state index contributed by atoms with van der Waals surface area (Å²) in [6.07, 6.45) is 8.10. The largest absolute Gasteiger partial charge is 0.365 e. The van der Waals surface area contributed by atoms with Gasteiger partial charge in [0.2, 0.25) is 0 Å². The summed E-state index contributed by atoms with van der Waals surface area (Å²) in [5, 5.41) is 10.2. The first-order valence-corrected chi connectivity index (χ1v) is 15.2. The Hall–Kier alpha value is 0.0169. The van der Waals surface area contributed by atoms with Crippen LogP contribution in [0.25, 0.3) is 0 Å². The first kappa shape index (κ1) is 21.7. The van der Waals surface area contributed by atoms with Crippen molar-refractivity contribution in [3.63, 3.8) is 0 Å². The molecule has 3 aliphatic rings. The van der Waals surface area contributed by atoms with E-state index in [9.17, 15) is 0 Å². The number of rotatable bonds is 5. The standard InChI is InChI=1S/C21H44N4OSi/c1-17-7-5-6-8-19-13-18(9-10-22-19)21-20(23-14-17)15-24-25(21)16-26-11-12-27(2,3)4/h17-24H,5-16H2,1-4H3. The average molecular weight is 397 g/mol. The van der Waals surface area contributed by atoms with Crippen molar-refractivity contribution >= 4 is 8.07 Å². The predicted molar refractivity (Wildman–Crippen MR) is 117 cm³/mol. The molecule has 0 saturated carbocycles. The van der Waals surface area contributed by atoms with Gasteiger partial charge in [0.25, 0.3) is 0 Å². The fourth-order valence-corrected chi connectivity index (χ4v) is 5.77. The van der Waals surface area contributed by atoms with Gasteiger partial charge in [0.1, 0.15) is 6.73 Å². The maximum absolute atomic E-state index is 6.13. The van der Waals surface area contributed by atoms with Crippen LogP contribution in [0.5, 0.6) is 0 Å². The van der Waals surface area contributed by atoms with Crippen LogP contribution in [-0.2, 0) is 4.74 Å². The molecule has 0 aromatic heterocycles. The van der Waals surface area contributed by atoms with Crippen molar-refractivity contribution in [2.45, 2.75) is 89.3 Å². The predicted octanol–water partition coefficient (Wildman–Crippen LogP) is 3.02. The van der Waals surface area contributed by atoms with E-state index < -0.39 is 8.07 Å². The summed E-state index contributed by atoms with van der Waals surface area (Å²) in [6.45, 7) is 14.7. The average Bonchev–Trinajstić information content (AvgIpc) is 3.02. The molecule has 0 spiro atoms. The summed E-state index contributed by atoms with van der Waals surface area (Å²) in [5.41, 5.74) is 3.68. The number of hydrogen-bond acceptors (Lipinski definition) is 5. The Balaban J connectivity index is 1.61. The molecule has 3 saturated heterocycles. The maximum atomic E-state index is 6.13. The van der Waals surface area contributed by atoms with E-state index in [0.29, 0.717) is 12.1 Å². The Morgan fingerprint density at radius 1 is 1.04 bits per heavy atom. The van der Waals surface area contributed by atoms with Gasteiger partial charge in [0, 0.05) is 39.4 Å². The van der Waals surface area contributed by atoms with Crippen LogP contribution >= 0.6 is 0 Å². The molecule has 2 bridgehead atoms. The number of nitrogens with one attached hydrogen (secondary N) is 3.